The van der Waals surface area contributed by atoms with Gasteiger partial charge in [-0.3, -0.25) is 14.8 Å². The van der Waals surface area contributed by atoms with Gasteiger partial charge >= 0.3 is 6.18 Å². The number of halogens is 4. The van der Waals surface area contributed by atoms with Crippen molar-refractivity contribution in [1.29, 1.82) is 0 Å². The van der Waals surface area contributed by atoms with Gasteiger partial charge in [-0.05, 0) is 31.2 Å². The van der Waals surface area contributed by atoms with Crippen LogP contribution in [-0.2, 0) is 12.7 Å². The Labute approximate surface area is 178 Å². The summed E-state index contributed by atoms with van der Waals surface area (Å²) in [7, 11) is 0. The molecular weight excluding hydrogens is 433 g/mol. The van der Waals surface area contributed by atoms with Crippen molar-refractivity contribution in [3.63, 3.8) is 0 Å². The van der Waals surface area contributed by atoms with Crippen LogP contribution in [0.15, 0.2) is 49.1 Å². The molecule has 0 aliphatic carbocycles. The van der Waals surface area contributed by atoms with Gasteiger partial charge in [0.05, 0.1) is 45.7 Å². The number of rotatable bonds is 4. The monoisotopic (exact) mass is 446 g/mol. The third-order valence-electron chi connectivity index (χ3n) is 4.52. The second-order valence-corrected chi connectivity index (χ2v) is 7.03. The van der Waals surface area contributed by atoms with E-state index in [0.29, 0.717) is 29.0 Å². The highest BCUT2D eigenvalue weighted by Gasteiger charge is 2.30. The molecule has 158 valence electrons. The molecule has 4 rings (SSSR count). The van der Waals surface area contributed by atoms with Crippen molar-refractivity contribution in [2.75, 3.05) is 5.32 Å². The SMILES string of the molecule is Cc1nn(Cc2cnccn2)c2ncc(C(=O)Nc3ccc(C(F)(F)F)cc3)c(Cl)c12. The number of hydrogen-bond donors (Lipinski definition) is 1. The highest BCUT2D eigenvalue weighted by Crippen LogP contribution is 2.31. The van der Waals surface area contributed by atoms with Crippen LogP contribution in [0.3, 0.4) is 0 Å². The molecule has 1 N–H and O–H groups in total. The van der Waals surface area contributed by atoms with Gasteiger partial charge < -0.3 is 5.32 Å². The van der Waals surface area contributed by atoms with Gasteiger partial charge in [0, 0.05) is 24.3 Å². The highest BCUT2D eigenvalue weighted by atomic mass is 35.5. The maximum Gasteiger partial charge on any atom is 0.416 e. The number of alkyl halides is 3. The Morgan fingerprint density at radius 1 is 1.13 bits per heavy atom. The maximum atomic E-state index is 12.7. The topological polar surface area (TPSA) is 85.6 Å². The zero-order valence-corrected chi connectivity index (χ0v) is 16.7. The minimum Gasteiger partial charge on any atom is -0.322 e. The molecule has 4 aromatic rings. The number of aromatic nitrogens is 5. The average Bonchev–Trinajstić information content (AvgIpc) is 3.04. The molecule has 0 radical (unpaired) electrons. The van der Waals surface area contributed by atoms with E-state index in [1.54, 1.807) is 30.2 Å². The summed E-state index contributed by atoms with van der Waals surface area (Å²) < 4.78 is 39.7. The van der Waals surface area contributed by atoms with Gasteiger partial charge in [0.15, 0.2) is 5.65 Å². The third-order valence-corrected chi connectivity index (χ3v) is 4.91. The number of carbonyl (C=O) groups excluding carboxylic acids is 1. The molecule has 3 heterocycles. The van der Waals surface area contributed by atoms with E-state index >= 15 is 0 Å². The molecule has 0 spiro atoms. The van der Waals surface area contributed by atoms with Crippen LogP contribution >= 0.6 is 11.6 Å². The van der Waals surface area contributed by atoms with E-state index in [1.165, 1.54) is 18.3 Å². The number of nitrogens with zero attached hydrogens (tertiary/aromatic N) is 5. The van der Waals surface area contributed by atoms with E-state index in [2.05, 4.69) is 25.4 Å². The number of aryl methyl sites for hydroxylation is 1. The lowest BCUT2D eigenvalue weighted by molar-refractivity contribution is -0.137. The number of anilines is 1. The molecule has 0 atom stereocenters. The van der Waals surface area contributed by atoms with Crippen LogP contribution in [0.25, 0.3) is 11.0 Å². The largest absolute Gasteiger partial charge is 0.416 e. The lowest BCUT2D eigenvalue weighted by atomic mass is 10.1. The first kappa shape index (κ1) is 20.7. The molecule has 0 aliphatic heterocycles. The summed E-state index contributed by atoms with van der Waals surface area (Å²) in [5.74, 6) is -0.597. The second-order valence-electron chi connectivity index (χ2n) is 6.65. The molecule has 0 fully saturated rings. The lowest BCUT2D eigenvalue weighted by Gasteiger charge is -2.10. The maximum absolute atomic E-state index is 12.7. The number of pyridine rings is 1. The summed E-state index contributed by atoms with van der Waals surface area (Å²) in [4.78, 5) is 25.2. The van der Waals surface area contributed by atoms with E-state index in [9.17, 15) is 18.0 Å². The van der Waals surface area contributed by atoms with Crippen molar-refractivity contribution < 1.29 is 18.0 Å². The summed E-state index contributed by atoms with van der Waals surface area (Å²) in [6.07, 6.45) is 1.59. The van der Waals surface area contributed by atoms with Crippen molar-refractivity contribution in [2.45, 2.75) is 19.6 Å². The van der Waals surface area contributed by atoms with Gasteiger partial charge in [0.25, 0.3) is 5.91 Å². The van der Waals surface area contributed by atoms with E-state index < -0.39 is 17.6 Å². The molecule has 0 unspecified atom stereocenters. The van der Waals surface area contributed by atoms with Gasteiger partial charge in [0.1, 0.15) is 0 Å². The van der Waals surface area contributed by atoms with Crippen LogP contribution in [0, 0.1) is 6.92 Å². The van der Waals surface area contributed by atoms with Crippen molar-refractivity contribution in [1.82, 2.24) is 24.7 Å². The number of hydrogen-bond acceptors (Lipinski definition) is 5. The summed E-state index contributed by atoms with van der Waals surface area (Å²) in [5, 5.41) is 7.61. The quantitative estimate of drug-likeness (QED) is 0.498. The van der Waals surface area contributed by atoms with Crippen LogP contribution in [0.1, 0.15) is 27.3 Å². The van der Waals surface area contributed by atoms with Gasteiger partial charge in [-0.1, -0.05) is 11.6 Å². The second kappa shape index (κ2) is 7.95. The van der Waals surface area contributed by atoms with Gasteiger partial charge in [-0.2, -0.15) is 18.3 Å². The molecule has 0 aliphatic rings. The van der Waals surface area contributed by atoms with Crippen LogP contribution in [-0.4, -0.2) is 30.6 Å². The van der Waals surface area contributed by atoms with Gasteiger partial charge in [-0.15, -0.1) is 0 Å². The van der Waals surface area contributed by atoms with Crippen molar-refractivity contribution in [2.24, 2.45) is 0 Å². The standard InChI is InChI=1S/C20H14ClF3N6O/c1-11-16-17(21)15(19(31)28-13-4-2-12(3-5-13)20(22,23)24)9-27-18(16)30(29-11)10-14-8-25-6-7-26-14/h2-9H,10H2,1H3,(H,28,31). The van der Waals surface area contributed by atoms with E-state index in [4.69, 9.17) is 11.6 Å². The summed E-state index contributed by atoms with van der Waals surface area (Å²) in [6, 6.07) is 4.12. The zero-order chi connectivity index (χ0) is 22.2. The zero-order valence-electron chi connectivity index (χ0n) is 16.0. The Kier molecular flexibility index (Phi) is 5.32. The van der Waals surface area contributed by atoms with Crippen molar-refractivity contribution in [3.05, 3.63) is 76.6 Å². The molecule has 7 nitrogen and oxygen atoms in total. The van der Waals surface area contributed by atoms with E-state index in [1.807, 2.05) is 0 Å². The predicted octanol–water partition coefficient (Wildman–Crippen LogP) is 4.50. The molecule has 0 bridgehead atoms. The number of benzene rings is 1. The van der Waals surface area contributed by atoms with Crippen LogP contribution < -0.4 is 5.32 Å². The Bertz CT molecular complexity index is 1260. The predicted molar refractivity (Wildman–Crippen MR) is 108 cm³/mol. The molecule has 11 heteroatoms. The minimum atomic E-state index is -4.45. The molecular formula is C20H14ClF3N6O. The molecule has 1 aromatic carbocycles. The van der Waals surface area contributed by atoms with Crippen LogP contribution in [0.4, 0.5) is 18.9 Å². The Morgan fingerprint density at radius 3 is 2.52 bits per heavy atom. The molecule has 0 saturated carbocycles. The van der Waals surface area contributed by atoms with Crippen LogP contribution in [0.2, 0.25) is 5.02 Å². The van der Waals surface area contributed by atoms with Crippen molar-refractivity contribution in [3.8, 4) is 0 Å². The smallest absolute Gasteiger partial charge is 0.322 e. The highest BCUT2D eigenvalue weighted by molar-refractivity contribution is 6.39. The third kappa shape index (κ3) is 4.19. The average molecular weight is 447 g/mol. The fourth-order valence-corrected chi connectivity index (χ4v) is 3.40. The number of amides is 1. The normalized spacial score (nSPS) is 11.6. The Morgan fingerprint density at radius 2 is 1.87 bits per heavy atom. The summed E-state index contributed by atoms with van der Waals surface area (Å²) >= 11 is 6.48. The Balaban J connectivity index is 1.62. The fourth-order valence-electron chi connectivity index (χ4n) is 3.05. The van der Waals surface area contributed by atoms with Gasteiger partial charge in [0.2, 0.25) is 0 Å². The van der Waals surface area contributed by atoms with E-state index in [-0.39, 0.29) is 16.3 Å². The molecule has 31 heavy (non-hydrogen) atoms. The number of fused-ring (bicyclic) bond motifs is 1. The van der Waals surface area contributed by atoms with Crippen molar-refractivity contribution >= 4 is 34.2 Å². The first-order valence-corrected chi connectivity index (χ1v) is 9.37. The molecule has 1 amide bonds. The first-order chi connectivity index (χ1) is 14.7. The minimum absolute atomic E-state index is 0.0798. The first-order valence-electron chi connectivity index (χ1n) is 8.99. The number of nitrogens with one attached hydrogen (secondary N) is 1. The summed E-state index contributed by atoms with van der Waals surface area (Å²) in [6.45, 7) is 2.05. The number of carbonyl (C=O) groups is 1. The van der Waals surface area contributed by atoms with Gasteiger partial charge in [-0.25, -0.2) is 9.67 Å². The lowest BCUT2D eigenvalue weighted by Crippen LogP contribution is -2.14. The van der Waals surface area contributed by atoms with E-state index in [0.717, 1.165) is 12.1 Å². The molecule has 3 aromatic heterocycles. The molecule has 0 saturated heterocycles. The van der Waals surface area contributed by atoms with Crippen LogP contribution in [0.5, 0.6) is 0 Å². The summed E-state index contributed by atoms with van der Waals surface area (Å²) in [5.41, 5.74) is 1.19. The fraction of sp³-hybridized carbons (Fsp3) is 0.150. The Hall–Kier alpha value is -3.53.